The summed E-state index contributed by atoms with van der Waals surface area (Å²) in [5.74, 6) is 0.605. The average molecular weight is 340 g/mol. The molecule has 1 heterocycles. The first-order valence-electron chi connectivity index (χ1n) is 6.13. The molecule has 0 bridgehead atoms. The lowest BCUT2D eigenvalue weighted by Crippen LogP contribution is -1.92. The molecule has 0 amide bonds. The molecule has 0 aliphatic rings. The maximum absolute atomic E-state index is 6.35. The highest BCUT2D eigenvalue weighted by Gasteiger charge is 2.20. The van der Waals surface area contributed by atoms with Gasteiger partial charge in [0.1, 0.15) is 5.38 Å². The third-order valence-corrected chi connectivity index (χ3v) is 4.19. The number of aromatic nitrogens is 2. The van der Waals surface area contributed by atoms with Crippen LogP contribution in [0.5, 0.6) is 0 Å². The maximum Gasteiger partial charge on any atom is 0.249 e. The van der Waals surface area contributed by atoms with Crippen molar-refractivity contribution in [3.63, 3.8) is 0 Å². The second-order valence-corrected chi connectivity index (χ2v) is 5.54. The second-order valence-electron chi connectivity index (χ2n) is 4.32. The van der Waals surface area contributed by atoms with E-state index in [4.69, 9.17) is 39.2 Å². The predicted molar refractivity (Wildman–Crippen MR) is 83.9 cm³/mol. The average Bonchev–Trinajstić information content (AvgIpc) is 3.00. The van der Waals surface area contributed by atoms with Gasteiger partial charge in [-0.2, -0.15) is 0 Å². The molecule has 0 fully saturated rings. The van der Waals surface area contributed by atoms with E-state index in [1.807, 2.05) is 30.3 Å². The number of benzene rings is 2. The van der Waals surface area contributed by atoms with Crippen molar-refractivity contribution in [3.05, 3.63) is 70.0 Å². The molecule has 0 aliphatic heterocycles. The molecule has 3 nitrogen and oxygen atoms in total. The first-order valence-corrected chi connectivity index (χ1v) is 7.33. The molecule has 2 aromatic carbocycles. The van der Waals surface area contributed by atoms with E-state index in [0.29, 0.717) is 27.4 Å². The zero-order chi connectivity index (χ0) is 14.8. The van der Waals surface area contributed by atoms with Crippen molar-refractivity contribution in [1.82, 2.24) is 10.2 Å². The predicted octanol–water partition coefficient (Wildman–Crippen LogP) is 5.37. The number of hydrogen-bond donors (Lipinski definition) is 0. The van der Waals surface area contributed by atoms with Crippen LogP contribution < -0.4 is 0 Å². The normalized spacial score (nSPS) is 12.3. The first-order chi connectivity index (χ1) is 10.2. The van der Waals surface area contributed by atoms with Gasteiger partial charge in [0.25, 0.3) is 0 Å². The Hall–Kier alpha value is -1.55. The number of hydrogen-bond acceptors (Lipinski definition) is 3. The molecular weight excluding hydrogens is 331 g/mol. The minimum absolute atomic E-state index is 0.291. The van der Waals surface area contributed by atoms with Gasteiger partial charge in [0.2, 0.25) is 11.8 Å². The molecule has 0 radical (unpaired) electrons. The van der Waals surface area contributed by atoms with Crippen LogP contribution in [-0.4, -0.2) is 10.2 Å². The summed E-state index contributed by atoms with van der Waals surface area (Å²) in [6.45, 7) is 0. The van der Waals surface area contributed by atoms with Crippen molar-refractivity contribution in [2.75, 3.05) is 0 Å². The van der Waals surface area contributed by atoms with Crippen LogP contribution >= 0.6 is 34.8 Å². The fraction of sp³-hybridized carbons (Fsp3) is 0.0667. The Labute approximate surface area is 136 Å². The lowest BCUT2D eigenvalue weighted by Gasteiger charge is -2.04. The largest absolute Gasteiger partial charge is 0.419 e. The van der Waals surface area contributed by atoms with Crippen molar-refractivity contribution in [2.24, 2.45) is 0 Å². The van der Waals surface area contributed by atoms with E-state index in [9.17, 15) is 0 Å². The van der Waals surface area contributed by atoms with E-state index in [1.165, 1.54) is 0 Å². The third kappa shape index (κ3) is 2.91. The summed E-state index contributed by atoms with van der Waals surface area (Å²) in [5.41, 5.74) is 1.46. The van der Waals surface area contributed by atoms with E-state index in [2.05, 4.69) is 10.2 Å². The lowest BCUT2D eigenvalue weighted by molar-refractivity contribution is 0.513. The molecule has 0 saturated carbocycles. The minimum atomic E-state index is -0.509. The van der Waals surface area contributed by atoms with Crippen LogP contribution in [0.25, 0.3) is 11.5 Å². The zero-order valence-corrected chi connectivity index (χ0v) is 12.9. The van der Waals surface area contributed by atoms with E-state index < -0.39 is 5.38 Å². The standard InChI is InChI=1S/C15H9Cl3N2O/c16-11-8-4-7-10(13(11)18)14-19-20-15(21-14)12(17)9-5-2-1-3-6-9/h1-8,12H. The molecule has 6 heteroatoms. The third-order valence-electron chi connectivity index (χ3n) is 2.93. The second kappa shape index (κ2) is 6.06. The molecule has 3 rings (SSSR count). The summed E-state index contributed by atoms with van der Waals surface area (Å²) in [6, 6.07) is 14.7. The highest BCUT2D eigenvalue weighted by Crippen LogP contribution is 2.35. The van der Waals surface area contributed by atoms with Crippen LogP contribution in [0.3, 0.4) is 0 Å². The van der Waals surface area contributed by atoms with E-state index in [0.717, 1.165) is 5.56 Å². The Kier molecular flexibility index (Phi) is 4.15. The zero-order valence-electron chi connectivity index (χ0n) is 10.6. The molecule has 1 aromatic heterocycles. The van der Waals surface area contributed by atoms with Gasteiger partial charge in [-0.05, 0) is 17.7 Å². The SMILES string of the molecule is Clc1cccc(-c2nnc(C(Cl)c3ccccc3)o2)c1Cl. The van der Waals surface area contributed by atoms with Crippen LogP contribution in [-0.2, 0) is 0 Å². The molecule has 1 unspecified atom stereocenters. The van der Waals surface area contributed by atoms with Crippen molar-refractivity contribution < 1.29 is 4.42 Å². The summed E-state index contributed by atoms with van der Waals surface area (Å²) in [6.07, 6.45) is 0. The molecule has 1 atom stereocenters. The Morgan fingerprint density at radius 1 is 0.905 bits per heavy atom. The van der Waals surface area contributed by atoms with E-state index in [-0.39, 0.29) is 0 Å². The number of halogens is 3. The van der Waals surface area contributed by atoms with Crippen molar-refractivity contribution in [1.29, 1.82) is 0 Å². The van der Waals surface area contributed by atoms with E-state index in [1.54, 1.807) is 18.2 Å². The Morgan fingerprint density at radius 2 is 1.67 bits per heavy atom. The summed E-state index contributed by atoms with van der Waals surface area (Å²) in [4.78, 5) is 0. The lowest BCUT2D eigenvalue weighted by atomic mass is 10.1. The molecule has 21 heavy (non-hydrogen) atoms. The smallest absolute Gasteiger partial charge is 0.249 e. The van der Waals surface area contributed by atoms with Crippen LogP contribution in [0.1, 0.15) is 16.8 Å². The maximum atomic E-state index is 6.35. The summed E-state index contributed by atoms with van der Waals surface area (Å²) < 4.78 is 5.62. The fourth-order valence-corrected chi connectivity index (χ4v) is 2.49. The molecule has 0 saturated heterocycles. The van der Waals surface area contributed by atoms with Gasteiger partial charge in [0.15, 0.2) is 0 Å². The highest BCUT2D eigenvalue weighted by molar-refractivity contribution is 6.43. The molecule has 0 spiro atoms. The van der Waals surface area contributed by atoms with E-state index >= 15 is 0 Å². The topological polar surface area (TPSA) is 38.9 Å². The highest BCUT2D eigenvalue weighted by atomic mass is 35.5. The summed E-state index contributed by atoms with van der Waals surface area (Å²) in [5, 5.41) is 8.28. The van der Waals surface area contributed by atoms with Crippen molar-refractivity contribution in [3.8, 4) is 11.5 Å². The van der Waals surface area contributed by atoms with Crippen molar-refractivity contribution >= 4 is 34.8 Å². The van der Waals surface area contributed by atoms with Gasteiger partial charge in [-0.1, -0.05) is 59.6 Å². The monoisotopic (exact) mass is 338 g/mol. The van der Waals surface area contributed by atoms with Gasteiger partial charge in [-0.15, -0.1) is 21.8 Å². The quantitative estimate of drug-likeness (QED) is 0.602. The minimum Gasteiger partial charge on any atom is -0.419 e. The van der Waals surface area contributed by atoms with Crippen molar-refractivity contribution in [2.45, 2.75) is 5.38 Å². The number of nitrogens with zero attached hydrogens (tertiary/aromatic N) is 2. The summed E-state index contributed by atoms with van der Waals surface area (Å²) >= 11 is 18.5. The van der Waals surface area contributed by atoms with Gasteiger partial charge >= 0.3 is 0 Å². The Balaban J connectivity index is 1.95. The van der Waals surface area contributed by atoms with Gasteiger partial charge in [-0.3, -0.25) is 0 Å². The van der Waals surface area contributed by atoms with Crippen LogP contribution in [0.2, 0.25) is 10.0 Å². The fourth-order valence-electron chi connectivity index (χ4n) is 1.88. The van der Waals surface area contributed by atoms with Crippen LogP contribution in [0.4, 0.5) is 0 Å². The number of rotatable bonds is 3. The van der Waals surface area contributed by atoms with Gasteiger partial charge in [-0.25, -0.2) is 0 Å². The van der Waals surface area contributed by atoms with Gasteiger partial charge in [0.05, 0.1) is 15.6 Å². The summed E-state index contributed by atoms with van der Waals surface area (Å²) in [7, 11) is 0. The molecule has 0 aliphatic carbocycles. The Bertz CT molecular complexity index is 759. The van der Waals surface area contributed by atoms with Gasteiger partial charge < -0.3 is 4.42 Å². The molecule has 3 aromatic rings. The first kappa shape index (κ1) is 14.4. The molecule has 106 valence electrons. The van der Waals surface area contributed by atoms with Crippen LogP contribution in [0, 0.1) is 0 Å². The molecule has 0 N–H and O–H groups in total. The number of alkyl halides is 1. The van der Waals surface area contributed by atoms with Crippen LogP contribution in [0.15, 0.2) is 52.9 Å². The molecular formula is C15H9Cl3N2O. The van der Waals surface area contributed by atoms with Gasteiger partial charge in [0, 0.05) is 0 Å². The Morgan fingerprint density at radius 3 is 2.43 bits per heavy atom.